The summed E-state index contributed by atoms with van der Waals surface area (Å²) < 4.78 is 0. The lowest BCUT2D eigenvalue weighted by Gasteiger charge is -2.35. The van der Waals surface area contributed by atoms with Gasteiger partial charge in [0, 0.05) is 0 Å². The van der Waals surface area contributed by atoms with E-state index in [0.717, 1.165) is 6.85 Å². The average molecular weight is 169 g/mol. The summed E-state index contributed by atoms with van der Waals surface area (Å²) in [5.41, 5.74) is 0. The molecule has 0 saturated heterocycles. The zero-order valence-corrected chi connectivity index (χ0v) is 9.59. The fourth-order valence-corrected chi connectivity index (χ4v) is 2.15. The van der Waals surface area contributed by atoms with Gasteiger partial charge < -0.3 is 4.81 Å². The van der Waals surface area contributed by atoms with E-state index in [9.17, 15) is 0 Å². The highest BCUT2D eigenvalue weighted by molar-refractivity contribution is 6.55. The summed E-state index contributed by atoms with van der Waals surface area (Å²) in [4.78, 5) is 2.61. The predicted octanol–water partition coefficient (Wildman–Crippen LogP) is 3.14. The van der Waals surface area contributed by atoms with Crippen molar-refractivity contribution in [1.82, 2.24) is 4.81 Å². The Bertz CT molecular complexity index is 100. The molecule has 0 aliphatic carbocycles. The summed E-state index contributed by atoms with van der Waals surface area (Å²) in [7, 11) is 0. The molecular weight excluding hydrogens is 145 g/mol. The summed E-state index contributed by atoms with van der Waals surface area (Å²) in [6.07, 6.45) is 2.54. The Morgan fingerprint density at radius 2 is 1.25 bits per heavy atom. The highest BCUT2D eigenvalue weighted by atomic mass is 15.1. The first-order valence-corrected chi connectivity index (χ1v) is 5.31. The minimum atomic E-state index is 0.676. The predicted molar refractivity (Wildman–Crippen MR) is 58.8 cm³/mol. The van der Waals surface area contributed by atoms with E-state index in [1.807, 2.05) is 0 Å². The maximum Gasteiger partial charge on any atom is 0.223 e. The highest BCUT2D eigenvalue weighted by Gasteiger charge is 2.23. The van der Waals surface area contributed by atoms with E-state index in [1.165, 1.54) is 12.6 Å². The molecule has 0 heterocycles. The fraction of sp³-hybridized carbons (Fsp3) is 1.00. The molecule has 0 N–H and O–H groups in total. The number of nitrogens with zero attached hydrogens (tertiary/aromatic N) is 1. The monoisotopic (exact) mass is 169 g/mol. The van der Waals surface area contributed by atoms with Crippen molar-refractivity contribution in [2.24, 2.45) is 0 Å². The molecule has 0 bridgehead atoms. The van der Waals surface area contributed by atoms with E-state index in [0.29, 0.717) is 12.1 Å². The van der Waals surface area contributed by atoms with Crippen molar-refractivity contribution >= 4 is 6.85 Å². The molecule has 0 spiro atoms. The van der Waals surface area contributed by atoms with Gasteiger partial charge in [0.15, 0.2) is 0 Å². The second-order valence-corrected chi connectivity index (χ2v) is 4.11. The van der Waals surface area contributed by atoms with Crippen LogP contribution in [0.3, 0.4) is 0 Å². The first-order valence-electron chi connectivity index (χ1n) is 5.31. The topological polar surface area (TPSA) is 3.24 Å². The third-order valence-electron chi connectivity index (χ3n) is 2.56. The molecule has 12 heavy (non-hydrogen) atoms. The summed E-state index contributed by atoms with van der Waals surface area (Å²) in [6.45, 7) is 14.5. The molecule has 0 radical (unpaired) electrons. The molecular formula is C10H24BN. The van der Waals surface area contributed by atoms with Crippen LogP contribution in [0, 0.1) is 0 Å². The van der Waals surface area contributed by atoms with Crippen molar-refractivity contribution in [2.75, 3.05) is 0 Å². The van der Waals surface area contributed by atoms with E-state index in [4.69, 9.17) is 0 Å². The third-order valence-corrected chi connectivity index (χ3v) is 2.56. The largest absolute Gasteiger partial charge is 0.337 e. The van der Waals surface area contributed by atoms with E-state index in [-0.39, 0.29) is 0 Å². The molecule has 0 aliphatic heterocycles. The Kier molecular flexibility index (Phi) is 5.64. The number of hydrogen-bond donors (Lipinski definition) is 0. The Balaban J connectivity index is 4.26. The van der Waals surface area contributed by atoms with Crippen LogP contribution in [-0.2, 0) is 0 Å². The SMILES string of the molecule is CCB(CC)N(C(C)C)C(C)C. The van der Waals surface area contributed by atoms with E-state index in [1.54, 1.807) is 0 Å². The fourth-order valence-electron chi connectivity index (χ4n) is 2.15. The molecule has 0 fully saturated rings. The van der Waals surface area contributed by atoms with Gasteiger partial charge in [0.1, 0.15) is 0 Å². The Morgan fingerprint density at radius 3 is 1.33 bits per heavy atom. The molecule has 0 aromatic heterocycles. The number of rotatable bonds is 5. The van der Waals surface area contributed by atoms with Gasteiger partial charge in [-0.05, 0) is 12.1 Å². The van der Waals surface area contributed by atoms with Gasteiger partial charge in [0.05, 0.1) is 0 Å². The Labute approximate surface area is 78.6 Å². The van der Waals surface area contributed by atoms with Crippen molar-refractivity contribution in [2.45, 2.75) is 66.3 Å². The second-order valence-electron chi connectivity index (χ2n) is 4.11. The lowest BCUT2D eigenvalue weighted by molar-refractivity contribution is 0.301. The lowest BCUT2D eigenvalue weighted by atomic mass is 9.54. The van der Waals surface area contributed by atoms with Crippen molar-refractivity contribution in [3.05, 3.63) is 0 Å². The van der Waals surface area contributed by atoms with Crippen molar-refractivity contribution in [3.63, 3.8) is 0 Å². The van der Waals surface area contributed by atoms with Crippen LogP contribution < -0.4 is 0 Å². The van der Waals surface area contributed by atoms with Crippen LogP contribution in [0.25, 0.3) is 0 Å². The molecule has 0 saturated carbocycles. The summed E-state index contributed by atoms with van der Waals surface area (Å²) in [6, 6.07) is 1.35. The van der Waals surface area contributed by atoms with Crippen LogP contribution in [-0.4, -0.2) is 23.7 Å². The van der Waals surface area contributed by atoms with Gasteiger partial charge in [-0.1, -0.05) is 54.2 Å². The van der Waals surface area contributed by atoms with Crippen LogP contribution in [0.2, 0.25) is 12.6 Å². The van der Waals surface area contributed by atoms with Crippen LogP contribution in [0.5, 0.6) is 0 Å². The van der Waals surface area contributed by atoms with Crippen LogP contribution >= 0.6 is 0 Å². The molecule has 0 aromatic carbocycles. The summed E-state index contributed by atoms with van der Waals surface area (Å²) in [5.74, 6) is 0. The van der Waals surface area contributed by atoms with E-state index < -0.39 is 0 Å². The molecule has 0 unspecified atom stereocenters. The smallest absolute Gasteiger partial charge is 0.223 e. The molecule has 0 amide bonds. The van der Waals surface area contributed by atoms with Crippen molar-refractivity contribution in [1.29, 1.82) is 0 Å². The first-order chi connectivity index (χ1) is 5.54. The van der Waals surface area contributed by atoms with Crippen LogP contribution in [0.4, 0.5) is 0 Å². The van der Waals surface area contributed by atoms with E-state index >= 15 is 0 Å². The summed E-state index contributed by atoms with van der Waals surface area (Å²) in [5, 5.41) is 0. The van der Waals surface area contributed by atoms with Gasteiger partial charge in [-0.3, -0.25) is 0 Å². The molecule has 2 heteroatoms. The number of hydrogen-bond acceptors (Lipinski definition) is 1. The maximum atomic E-state index is 2.61. The second kappa shape index (κ2) is 5.63. The van der Waals surface area contributed by atoms with Gasteiger partial charge in [-0.2, -0.15) is 0 Å². The molecule has 72 valence electrons. The van der Waals surface area contributed by atoms with Gasteiger partial charge in [-0.25, -0.2) is 0 Å². The standard InChI is InChI=1S/C10H24BN/c1-7-11(8-2)12(9(3)4)10(5)6/h9-10H,7-8H2,1-6H3. The quantitative estimate of drug-likeness (QED) is 0.571. The normalized spacial score (nSPS) is 11.8. The van der Waals surface area contributed by atoms with Gasteiger partial charge in [-0.15, -0.1) is 0 Å². The molecule has 0 rings (SSSR count). The van der Waals surface area contributed by atoms with Crippen LogP contribution in [0.1, 0.15) is 41.5 Å². The lowest BCUT2D eigenvalue weighted by Crippen LogP contribution is -2.47. The Morgan fingerprint density at radius 1 is 0.917 bits per heavy atom. The zero-order valence-electron chi connectivity index (χ0n) is 9.59. The van der Waals surface area contributed by atoms with Crippen molar-refractivity contribution < 1.29 is 0 Å². The maximum absolute atomic E-state index is 2.61. The molecule has 0 atom stereocenters. The molecule has 0 aliphatic rings. The first kappa shape index (κ1) is 12.0. The van der Waals surface area contributed by atoms with Gasteiger partial charge in [0.25, 0.3) is 0 Å². The average Bonchev–Trinajstić information content (AvgIpc) is 1.98. The van der Waals surface area contributed by atoms with Crippen molar-refractivity contribution in [3.8, 4) is 0 Å². The minimum absolute atomic E-state index is 0.676. The molecule has 1 nitrogen and oxygen atoms in total. The highest BCUT2D eigenvalue weighted by Crippen LogP contribution is 2.13. The van der Waals surface area contributed by atoms with Crippen LogP contribution in [0.15, 0.2) is 0 Å². The van der Waals surface area contributed by atoms with Gasteiger partial charge in [0.2, 0.25) is 6.85 Å². The van der Waals surface area contributed by atoms with Gasteiger partial charge >= 0.3 is 0 Å². The third kappa shape index (κ3) is 3.18. The minimum Gasteiger partial charge on any atom is -0.337 e. The zero-order chi connectivity index (χ0) is 9.72. The van der Waals surface area contributed by atoms with E-state index in [2.05, 4.69) is 46.4 Å². The molecule has 0 aromatic rings. The summed E-state index contributed by atoms with van der Waals surface area (Å²) >= 11 is 0. The Hall–Kier alpha value is 0.0249.